The molecule has 0 aliphatic carbocycles. The summed E-state index contributed by atoms with van der Waals surface area (Å²) < 4.78 is 0. The Hall–Kier alpha value is -0.240. The van der Waals surface area contributed by atoms with Crippen LogP contribution in [0.2, 0.25) is 0 Å². The zero-order valence-corrected chi connectivity index (χ0v) is 12.1. The molecule has 6 N–H and O–H groups in total. The van der Waals surface area contributed by atoms with Gasteiger partial charge in [-0.1, -0.05) is 0 Å². The van der Waals surface area contributed by atoms with Crippen LogP contribution < -0.4 is 0 Å². The van der Waals surface area contributed by atoms with E-state index in [1.54, 1.807) is 41.5 Å². The van der Waals surface area contributed by atoms with Gasteiger partial charge in [0.05, 0.1) is 36.6 Å². The van der Waals surface area contributed by atoms with Crippen LogP contribution in [0, 0.1) is 0 Å². The quantitative estimate of drug-likeness (QED) is 0.401. The minimum atomic E-state index is -0.593. The van der Waals surface area contributed by atoms with Crippen LogP contribution in [0.1, 0.15) is 41.5 Å². The van der Waals surface area contributed by atoms with Gasteiger partial charge in [0.2, 0.25) is 0 Å². The third-order valence-corrected chi connectivity index (χ3v) is 2.09. The van der Waals surface area contributed by atoms with E-state index in [9.17, 15) is 0 Å². The summed E-state index contributed by atoms with van der Waals surface area (Å²) >= 11 is 0. The van der Waals surface area contributed by atoms with E-state index in [2.05, 4.69) is 0 Å². The Labute approximate surface area is 110 Å². The standard InChI is InChI=1S/3C4H10O2/c3*1-3(5)4(2)6/h3*3-6H,1-2H3/t3-,4+;2*3-,4-/m.10/s1. The second-order valence-electron chi connectivity index (χ2n) is 4.44. The fourth-order valence-electron chi connectivity index (χ4n) is 0. The lowest BCUT2D eigenvalue weighted by Gasteiger charge is -2.03. The highest BCUT2D eigenvalue weighted by atomic mass is 16.3. The molecule has 6 heteroatoms. The van der Waals surface area contributed by atoms with Gasteiger partial charge in [0.15, 0.2) is 0 Å². The summed E-state index contributed by atoms with van der Waals surface area (Å²) in [6, 6.07) is 0. The number of hydrogen-bond donors (Lipinski definition) is 6. The third-order valence-electron chi connectivity index (χ3n) is 2.09. The molecule has 0 unspecified atom stereocenters. The Kier molecular flexibility index (Phi) is 16.8. The van der Waals surface area contributed by atoms with Crippen molar-refractivity contribution in [3.8, 4) is 0 Å². The first kappa shape index (κ1) is 22.9. The average molecular weight is 270 g/mol. The molecule has 0 heterocycles. The monoisotopic (exact) mass is 270 g/mol. The van der Waals surface area contributed by atoms with Gasteiger partial charge < -0.3 is 30.6 Å². The zero-order chi connectivity index (χ0) is 15.5. The van der Waals surface area contributed by atoms with E-state index >= 15 is 0 Å². The SMILES string of the molecule is C[C@@H](O)[C@@H](C)O.C[C@H](O)[C@@H](C)O.C[C@H](O)[C@H](C)O. The summed E-state index contributed by atoms with van der Waals surface area (Å²) in [6.45, 7) is 9.28. The lowest BCUT2D eigenvalue weighted by atomic mass is 10.3. The largest absolute Gasteiger partial charge is 0.391 e. The Morgan fingerprint density at radius 2 is 0.389 bits per heavy atom. The summed E-state index contributed by atoms with van der Waals surface area (Å²) in [7, 11) is 0. The van der Waals surface area contributed by atoms with Crippen molar-refractivity contribution < 1.29 is 30.6 Å². The molecule has 0 saturated carbocycles. The van der Waals surface area contributed by atoms with Crippen molar-refractivity contribution in [1.82, 2.24) is 0 Å². The maximum absolute atomic E-state index is 8.38. The molecule has 0 amide bonds. The van der Waals surface area contributed by atoms with Crippen LogP contribution in [0.5, 0.6) is 0 Å². The van der Waals surface area contributed by atoms with E-state index in [0.717, 1.165) is 0 Å². The molecular formula is C12H30O6. The highest BCUT2D eigenvalue weighted by molar-refractivity contribution is 4.51. The average Bonchev–Trinajstić information content (AvgIpc) is 2.18. The maximum Gasteiger partial charge on any atom is 0.0768 e. The Morgan fingerprint density at radius 3 is 0.389 bits per heavy atom. The van der Waals surface area contributed by atoms with Gasteiger partial charge in [0.1, 0.15) is 0 Å². The van der Waals surface area contributed by atoms with E-state index in [0.29, 0.717) is 0 Å². The van der Waals surface area contributed by atoms with Crippen LogP contribution in [0.4, 0.5) is 0 Å². The molecule has 114 valence electrons. The van der Waals surface area contributed by atoms with E-state index in [4.69, 9.17) is 30.6 Å². The topological polar surface area (TPSA) is 121 Å². The van der Waals surface area contributed by atoms with Crippen molar-refractivity contribution in [1.29, 1.82) is 0 Å². The number of aliphatic hydroxyl groups is 6. The molecule has 0 rings (SSSR count). The summed E-state index contributed by atoms with van der Waals surface area (Å²) in [6.07, 6.45) is -3.56. The fraction of sp³-hybridized carbons (Fsp3) is 1.00. The fourth-order valence-corrected chi connectivity index (χ4v) is 0. The number of rotatable bonds is 3. The smallest absolute Gasteiger partial charge is 0.0768 e. The summed E-state index contributed by atoms with van der Waals surface area (Å²) in [5.74, 6) is 0. The van der Waals surface area contributed by atoms with Gasteiger partial charge in [-0.2, -0.15) is 0 Å². The van der Waals surface area contributed by atoms with Crippen molar-refractivity contribution >= 4 is 0 Å². The summed E-state index contributed by atoms with van der Waals surface area (Å²) in [4.78, 5) is 0. The summed E-state index contributed by atoms with van der Waals surface area (Å²) in [5, 5.41) is 50.3. The molecule has 0 aromatic heterocycles. The molecule has 0 radical (unpaired) electrons. The molecule has 0 aliphatic rings. The highest BCUT2D eigenvalue weighted by Crippen LogP contribution is 1.86. The predicted octanol–water partition coefficient (Wildman–Crippen LogP) is -0.756. The van der Waals surface area contributed by atoms with Gasteiger partial charge in [-0.3, -0.25) is 0 Å². The molecule has 6 nitrogen and oxygen atoms in total. The van der Waals surface area contributed by atoms with E-state index < -0.39 is 36.6 Å². The van der Waals surface area contributed by atoms with Crippen molar-refractivity contribution in [2.24, 2.45) is 0 Å². The lowest BCUT2D eigenvalue weighted by Crippen LogP contribution is -2.17. The van der Waals surface area contributed by atoms with E-state index in [1.807, 2.05) is 0 Å². The number of hydrogen-bond acceptors (Lipinski definition) is 6. The molecule has 6 atom stereocenters. The highest BCUT2D eigenvalue weighted by Gasteiger charge is 2.00. The first-order chi connectivity index (χ1) is 7.93. The first-order valence-electron chi connectivity index (χ1n) is 6.01. The van der Waals surface area contributed by atoms with Gasteiger partial charge in [0, 0.05) is 0 Å². The van der Waals surface area contributed by atoms with Crippen molar-refractivity contribution in [3.63, 3.8) is 0 Å². The molecule has 18 heavy (non-hydrogen) atoms. The Balaban J connectivity index is -0.000000187. The predicted molar refractivity (Wildman–Crippen MR) is 70.1 cm³/mol. The third kappa shape index (κ3) is 24.8. The second kappa shape index (κ2) is 13.2. The number of aliphatic hydroxyl groups excluding tert-OH is 6. The minimum Gasteiger partial charge on any atom is -0.391 e. The van der Waals surface area contributed by atoms with Gasteiger partial charge in [-0.15, -0.1) is 0 Å². The molecule has 0 aromatic rings. The van der Waals surface area contributed by atoms with Crippen LogP contribution >= 0.6 is 0 Å². The molecule has 0 saturated heterocycles. The normalized spacial score (nSPS) is 20.0. The zero-order valence-electron chi connectivity index (χ0n) is 12.1. The van der Waals surface area contributed by atoms with Gasteiger partial charge in [0.25, 0.3) is 0 Å². The maximum atomic E-state index is 8.38. The molecule has 0 spiro atoms. The van der Waals surface area contributed by atoms with Gasteiger partial charge >= 0.3 is 0 Å². The molecule has 0 bridgehead atoms. The van der Waals surface area contributed by atoms with Crippen molar-refractivity contribution in [2.75, 3.05) is 0 Å². The van der Waals surface area contributed by atoms with Crippen molar-refractivity contribution in [2.45, 2.75) is 78.2 Å². The molecule has 0 fully saturated rings. The lowest BCUT2D eigenvalue weighted by molar-refractivity contribution is 0.0438. The van der Waals surface area contributed by atoms with E-state index in [1.165, 1.54) is 0 Å². The van der Waals surface area contributed by atoms with Gasteiger partial charge in [-0.05, 0) is 41.5 Å². The van der Waals surface area contributed by atoms with Crippen LogP contribution in [0.25, 0.3) is 0 Å². The summed E-state index contributed by atoms with van der Waals surface area (Å²) in [5.41, 5.74) is 0. The van der Waals surface area contributed by atoms with E-state index in [-0.39, 0.29) is 0 Å². The second-order valence-corrected chi connectivity index (χ2v) is 4.44. The Morgan fingerprint density at radius 1 is 0.333 bits per heavy atom. The van der Waals surface area contributed by atoms with Crippen molar-refractivity contribution in [3.05, 3.63) is 0 Å². The van der Waals surface area contributed by atoms with Gasteiger partial charge in [-0.25, -0.2) is 0 Å². The van der Waals surface area contributed by atoms with Crippen LogP contribution in [0.15, 0.2) is 0 Å². The van der Waals surface area contributed by atoms with Crippen LogP contribution in [0.3, 0.4) is 0 Å². The minimum absolute atomic E-state index is 0.593. The molecular weight excluding hydrogens is 240 g/mol. The molecule has 0 aliphatic heterocycles. The van der Waals surface area contributed by atoms with Crippen LogP contribution in [-0.2, 0) is 0 Å². The first-order valence-corrected chi connectivity index (χ1v) is 6.01. The van der Waals surface area contributed by atoms with Crippen LogP contribution in [-0.4, -0.2) is 67.3 Å². The molecule has 0 aromatic carbocycles. The Bertz CT molecular complexity index is 108.